The molecule has 2 aromatic heterocycles. The average Bonchev–Trinajstić information content (AvgIpc) is 3.27. The van der Waals surface area contributed by atoms with Gasteiger partial charge in [-0.15, -0.1) is 0 Å². The van der Waals surface area contributed by atoms with Crippen molar-refractivity contribution in [2.24, 2.45) is 0 Å². The van der Waals surface area contributed by atoms with Crippen LogP contribution in [0.15, 0.2) is 24.3 Å². The lowest BCUT2D eigenvalue weighted by atomic mass is 10.2. The van der Waals surface area contributed by atoms with Gasteiger partial charge >= 0.3 is 0 Å². The summed E-state index contributed by atoms with van der Waals surface area (Å²) >= 11 is 0. The first-order valence-corrected chi connectivity index (χ1v) is 9.09. The van der Waals surface area contributed by atoms with Crippen molar-refractivity contribution in [3.05, 3.63) is 41.3 Å². The fraction of sp³-hybridized carbons (Fsp3) is 0.421. The van der Waals surface area contributed by atoms with Crippen LogP contribution in [0, 0.1) is 6.92 Å². The highest BCUT2D eigenvalue weighted by molar-refractivity contribution is 5.77. The monoisotopic (exact) mass is 334 g/mol. The predicted octanol–water partition coefficient (Wildman–Crippen LogP) is 2.48. The van der Waals surface area contributed by atoms with E-state index >= 15 is 0 Å². The van der Waals surface area contributed by atoms with Crippen LogP contribution in [-0.2, 0) is 12.8 Å². The standard InChI is InChI=1S/C19H22N6/c1-13-20-15-8-4-5-14(15)18(21-13)24-9-11-25(12-10-24)19-22-16-6-2-3-7-17(16)23-19/h2-3,6-7H,4-5,8-12H2,1H3,(H,22,23). The Bertz CT molecular complexity index is 890. The summed E-state index contributed by atoms with van der Waals surface area (Å²) in [5.74, 6) is 3.05. The van der Waals surface area contributed by atoms with Gasteiger partial charge in [0.15, 0.2) is 0 Å². The minimum Gasteiger partial charge on any atom is -0.353 e. The molecule has 2 aliphatic rings. The zero-order valence-corrected chi connectivity index (χ0v) is 14.5. The highest BCUT2D eigenvalue weighted by Crippen LogP contribution is 2.29. The summed E-state index contributed by atoms with van der Waals surface area (Å²) in [6, 6.07) is 8.21. The summed E-state index contributed by atoms with van der Waals surface area (Å²) in [7, 11) is 0. The molecule has 3 aromatic rings. The minimum atomic E-state index is 0.898. The maximum absolute atomic E-state index is 4.77. The zero-order chi connectivity index (χ0) is 16.8. The lowest BCUT2D eigenvalue weighted by Gasteiger charge is -2.36. The van der Waals surface area contributed by atoms with Crippen molar-refractivity contribution in [2.45, 2.75) is 26.2 Å². The van der Waals surface area contributed by atoms with Crippen molar-refractivity contribution in [1.29, 1.82) is 0 Å². The Morgan fingerprint density at radius 3 is 2.56 bits per heavy atom. The van der Waals surface area contributed by atoms with Crippen LogP contribution in [0.4, 0.5) is 11.8 Å². The lowest BCUT2D eigenvalue weighted by molar-refractivity contribution is 0.633. The van der Waals surface area contributed by atoms with E-state index in [4.69, 9.17) is 9.97 Å². The Balaban J connectivity index is 1.36. The van der Waals surface area contributed by atoms with Crippen LogP contribution in [0.3, 0.4) is 0 Å². The van der Waals surface area contributed by atoms with E-state index in [1.54, 1.807) is 0 Å². The second kappa shape index (κ2) is 5.72. The summed E-state index contributed by atoms with van der Waals surface area (Å²) in [5.41, 5.74) is 4.78. The molecule has 1 aromatic carbocycles. The SMILES string of the molecule is Cc1nc2c(c(N3CCN(c4nc5ccccc5[nH]4)CC3)n1)CCC2. The van der Waals surface area contributed by atoms with Gasteiger partial charge in [0.25, 0.3) is 0 Å². The molecule has 1 saturated heterocycles. The first kappa shape index (κ1) is 14.7. The van der Waals surface area contributed by atoms with Gasteiger partial charge in [0.05, 0.1) is 11.0 Å². The van der Waals surface area contributed by atoms with Gasteiger partial charge in [0.1, 0.15) is 11.6 Å². The van der Waals surface area contributed by atoms with Crippen molar-refractivity contribution in [3.8, 4) is 0 Å². The Kier molecular flexibility index (Phi) is 3.36. The van der Waals surface area contributed by atoms with Crippen LogP contribution in [0.5, 0.6) is 0 Å². The molecule has 1 N–H and O–H groups in total. The molecular weight excluding hydrogens is 312 g/mol. The van der Waals surface area contributed by atoms with Crippen molar-refractivity contribution in [3.63, 3.8) is 0 Å². The summed E-state index contributed by atoms with van der Waals surface area (Å²) in [6.45, 7) is 5.86. The Labute approximate surface area is 146 Å². The summed E-state index contributed by atoms with van der Waals surface area (Å²) < 4.78 is 0. The molecule has 1 aliphatic heterocycles. The molecular formula is C19H22N6. The van der Waals surface area contributed by atoms with E-state index in [1.807, 2.05) is 19.1 Å². The highest BCUT2D eigenvalue weighted by atomic mass is 15.3. The number of nitrogens with zero attached hydrogens (tertiary/aromatic N) is 5. The number of rotatable bonds is 2. The number of aromatic nitrogens is 4. The number of hydrogen-bond donors (Lipinski definition) is 1. The quantitative estimate of drug-likeness (QED) is 0.780. The summed E-state index contributed by atoms with van der Waals surface area (Å²) in [6.07, 6.45) is 3.43. The molecule has 0 atom stereocenters. The second-order valence-electron chi connectivity index (χ2n) is 6.92. The predicted molar refractivity (Wildman–Crippen MR) is 99.3 cm³/mol. The molecule has 0 spiro atoms. The third-order valence-corrected chi connectivity index (χ3v) is 5.28. The summed E-state index contributed by atoms with van der Waals surface area (Å²) in [4.78, 5) is 22.3. The maximum Gasteiger partial charge on any atom is 0.203 e. The molecule has 0 unspecified atom stereocenters. The maximum atomic E-state index is 4.77. The average molecular weight is 334 g/mol. The third-order valence-electron chi connectivity index (χ3n) is 5.28. The normalized spacial score (nSPS) is 17.3. The van der Waals surface area contributed by atoms with Gasteiger partial charge in [-0.1, -0.05) is 12.1 Å². The third kappa shape index (κ3) is 2.52. The number of anilines is 2. The molecule has 0 saturated carbocycles. The van der Waals surface area contributed by atoms with Gasteiger partial charge in [-0.05, 0) is 38.3 Å². The fourth-order valence-electron chi connectivity index (χ4n) is 4.01. The van der Waals surface area contributed by atoms with Crippen LogP contribution >= 0.6 is 0 Å². The van der Waals surface area contributed by atoms with Crippen molar-refractivity contribution in [2.75, 3.05) is 36.0 Å². The molecule has 6 heteroatoms. The largest absolute Gasteiger partial charge is 0.353 e. The van der Waals surface area contributed by atoms with Crippen LogP contribution < -0.4 is 9.80 Å². The van der Waals surface area contributed by atoms with E-state index in [0.29, 0.717) is 0 Å². The molecule has 3 heterocycles. The number of nitrogens with one attached hydrogen (secondary N) is 1. The molecule has 0 radical (unpaired) electrons. The number of fused-ring (bicyclic) bond motifs is 2. The van der Waals surface area contributed by atoms with E-state index in [-0.39, 0.29) is 0 Å². The molecule has 5 rings (SSSR count). The van der Waals surface area contributed by atoms with Crippen LogP contribution in [0.2, 0.25) is 0 Å². The van der Waals surface area contributed by atoms with Crippen LogP contribution in [0.25, 0.3) is 11.0 Å². The molecule has 0 amide bonds. The smallest absolute Gasteiger partial charge is 0.203 e. The van der Waals surface area contributed by atoms with E-state index in [9.17, 15) is 0 Å². The number of benzene rings is 1. The first-order chi connectivity index (χ1) is 12.3. The van der Waals surface area contributed by atoms with Gasteiger partial charge in [-0.2, -0.15) is 0 Å². The molecule has 1 aliphatic carbocycles. The molecule has 25 heavy (non-hydrogen) atoms. The van der Waals surface area contributed by atoms with E-state index in [1.165, 1.54) is 23.5 Å². The van der Waals surface area contributed by atoms with Gasteiger partial charge in [-0.3, -0.25) is 0 Å². The zero-order valence-electron chi connectivity index (χ0n) is 14.5. The number of aryl methyl sites for hydroxylation is 2. The number of piperazine rings is 1. The van der Waals surface area contributed by atoms with Crippen molar-refractivity contribution < 1.29 is 0 Å². The van der Waals surface area contributed by atoms with Crippen LogP contribution in [0.1, 0.15) is 23.5 Å². The van der Waals surface area contributed by atoms with Crippen LogP contribution in [-0.4, -0.2) is 46.1 Å². The number of aromatic amines is 1. The number of para-hydroxylation sites is 2. The Hall–Kier alpha value is -2.63. The van der Waals surface area contributed by atoms with E-state index < -0.39 is 0 Å². The van der Waals surface area contributed by atoms with Gasteiger partial charge in [0, 0.05) is 37.4 Å². The Morgan fingerprint density at radius 2 is 1.72 bits per heavy atom. The van der Waals surface area contributed by atoms with E-state index in [2.05, 4.69) is 31.9 Å². The highest BCUT2D eigenvalue weighted by Gasteiger charge is 2.26. The molecule has 0 bridgehead atoms. The fourth-order valence-corrected chi connectivity index (χ4v) is 4.01. The topological polar surface area (TPSA) is 60.9 Å². The molecule has 6 nitrogen and oxygen atoms in total. The lowest BCUT2D eigenvalue weighted by Crippen LogP contribution is -2.47. The van der Waals surface area contributed by atoms with Gasteiger partial charge < -0.3 is 14.8 Å². The number of hydrogen-bond acceptors (Lipinski definition) is 5. The van der Waals surface area contributed by atoms with Crippen molar-refractivity contribution in [1.82, 2.24) is 19.9 Å². The Morgan fingerprint density at radius 1 is 0.920 bits per heavy atom. The first-order valence-electron chi connectivity index (χ1n) is 9.09. The molecule has 128 valence electrons. The molecule has 1 fully saturated rings. The van der Waals surface area contributed by atoms with E-state index in [0.717, 1.165) is 61.8 Å². The second-order valence-corrected chi connectivity index (χ2v) is 6.92. The number of H-pyrrole nitrogens is 1. The summed E-state index contributed by atoms with van der Waals surface area (Å²) in [5, 5.41) is 0. The minimum absolute atomic E-state index is 0.898. The number of imidazole rings is 1. The van der Waals surface area contributed by atoms with Crippen molar-refractivity contribution >= 4 is 22.8 Å². The van der Waals surface area contributed by atoms with Gasteiger partial charge in [0.2, 0.25) is 5.95 Å². The van der Waals surface area contributed by atoms with Gasteiger partial charge in [-0.25, -0.2) is 15.0 Å².